The smallest absolute Gasteiger partial charge is 0.328 e. The van der Waals surface area contributed by atoms with E-state index in [9.17, 15) is 78.6 Å². The Balaban J connectivity index is 1.51. The zero-order chi connectivity index (χ0) is 58.5. The summed E-state index contributed by atoms with van der Waals surface area (Å²) in [6.45, 7) is 1.64. The van der Waals surface area contributed by atoms with Gasteiger partial charge in [0.25, 0.3) is 0 Å². The van der Waals surface area contributed by atoms with Crippen LogP contribution in [0.3, 0.4) is 0 Å². The summed E-state index contributed by atoms with van der Waals surface area (Å²) < 4.78 is 0. The Hall–Kier alpha value is -8.02. The fraction of sp³-hybridized carbons (Fsp3) is 0.490. The van der Waals surface area contributed by atoms with Gasteiger partial charge in [-0.25, -0.2) is 4.79 Å². The van der Waals surface area contributed by atoms with Crippen molar-refractivity contribution >= 4 is 81.0 Å². The highest BCUT2D eigenvalue weighted by Gasteiger charge is 2.37. The van der Waals surface area contributed by atoms with Crippen LogP contribution < -0.4 is 54.0 Å². The first-order valence-electron chi connectivity index (χ1n) is 25.5. The average Bonchev–Trinajstić information content (AvgIpc) is 4.05. The molecule has 0 bridgehead atoms. The fourth-order valence-corrected chi connectivity index (χ4v) is 8.30. The minimum atomic E-state index is -1.94. The predicted octanol–water partition coefficient (Wildman–Crippen LogP) is -4.27. The van der Waals surface area contributed by atoms with E-state index in [1.54, 1.807) is 68.6 Å². The van der Waals surface area contributed by atoms with E-state index >= 15 is 0 Å². The quantitative estimate of drug-likeness (QED) is 0.0201. The Kier molecular flexibility index (Phi) is 24.8. The molecule has 79 heavy (non-hydrogen) atoms. The van der Waals surface area contributed by atoms with E-state index in [0.29, 0.717) is 34.9 Å². The molecule has 4 aromatic rings. The number of nitrogens with one attached hydrogen (secondary N) is 10. The number of para-hydroxylation sites is 2. The summed E-state index contributed by atoms with van der Waals surface area (Å²) >= 11 is 0. The summed E-state index contributed by atoms with van der Waals surface area (Å²) in [7, 11) is 0. The molecule has 4 rings (SSSR count). The molecule has 28 heteroatoms. The molecule has 2 aromatic carbocycles. The number of fused-ring (bicyclic) bond motifs is 2. The lowest BCUT2D eigenvalue weighted by atomic mass is 9.96. The molecule has 0 saturated heterocycles. The number of aliphatic carboxylic acids is 2. The number of benzene rings is 2. The van der Waals surface area contributed by atoms with Gasteiger partial charge in [-0.05, 0) is 61.9 Å². The van der Waals surface area contributed by atoms with Crippen molar-refractivity contribution in [1.82, 2.24) is 52.5 Å². The molecule has 20 N–H and O–H groups in total. The third kappa shape index (κ3) is 18.3. The first-order chi connectivity index (χ1) is 37.6. The van der Waals surface area contributed by atoms with Gasteiger partial charge in [0, 0.05) is 47.0 Å². The summed E-state index contributed by atoms with van der Waals surface area (Å²) in [5.41, 5.74) is 13.9. The van der Waals surface area contributed by atoms with Crippen molar-refractivity contribution in [2.24, 2.45) is 17.4 Å². The molecule has 8 amide bonds. The van der Waals surface area contributed by atoms with Crippen LogP contribution in [0.25, 0.3) is 21.8 Å². The highest BCUT2D eigenvalue weighted by atomic mass is 16.4. The van der Waals surface area contributed by atoms with Crippen LogP contribution in [0.15, 0.2) is 60.9 Å². The van der Waals surface area contributed by atoms with Gasteiger partial charge in [0.2, 0.25) is 47.3 Å². The molecule has 0 aliphatic carbocycles. The van der Waals surface area contributed by atoms with Gasteiger partial charge in [0.05, 0.1) is 32.3 Å². The van der Waals surface area contributed by atoms with Crippen molar-refractivity contribution in [2.45, 2.75) is 126 Å². The monoisotopic (exact) mass is 1110 g/mol. The zero-order valence-electron chi connectivity index (χ0n) is 43.8. The molecule has 2 heterocycles. The van der Waals surface area contributed by atoms with E-state index in [0.717, 1.165) is 17.8 Å². The van der Waals surface area contributed by atoms with Gasteiger partial charge in [-0.2, -0.15) is 0 Å². The number of hydrogen-bond acceptors (Lipinski definition) is 16. The SMILES string of the molecule is CC[C@H](C)[C@H](NC(=O)[C@H](Cc1c[nH]c2ccccc12)NC(=O)[C@@H](N)CO)C(=O)N[C@@H](CO)C(=O)N[C@@H](CO)C(=O)N[C@@H](CCCCN)C(=O)N[C@@H](CC(=O)O)C(=O)N[C@@H](Cc1c[nH]c2ccccc12)C(=O)N[C@H](C(=O)O)[C@@H](C)O. The van der Waals surface area contributed by atoms with Crippen molar-refractivity contribution in [1.29, 1.82) is 0 Å². The Labute approximate surface area is 453 Å². The maximum absolute atomic E-state index is 14.0. The number of H-pyrrole nitrogens is 2. The molecule has 28 nitrogen and oxygen atoms in total. The molecule has 0 fully saturated rings. The molecule has 0 aliphatic rings. The van der Waals surface area contributed by atoms with Gasteiger partial charge in [0.1, 0.15) is 48.3 Å². The molecule has 432 valence electrons. The Morgan fingerprint density at radius 3 is 1.41 bits per heavy atom. The van der Waals surface area contributed by atoms with Gasteiger partial charge in [-0.1, -0.05) is 56.7 Å². The van der Waals surface area contributed by atoms with Crippen LogP contribution in [-0.4, -0.2) is 187 Å². The molecule has 0 spiro atoms. The first kappa shape index (κ1) is 63.5. The second-order valence-corrected chi connectivity index (χ2v) is 19.0. The van der Waals surface area contributed by atoms with Gasteiger partial charge >= 0.3 is 11.9 Å². The molecule has 0 aliphatic heterocycles. The zero-order valence-corrected chi connectivity index (χ0v) is 43.8. The van der Waals surface area contributed by atoms with Crippen molar-refractivity contribution < 1.29 is 78.6 Å². The fourth-order valence-electron chi connectivity index (χ4n) is 8.30. The molecule has 11 atom stereocenters. The predicted molar refractivity (Wildman–Crippen MR) is 283 cm³/mol. The Bertz CT molecular complexity index is 2770. The van der Waals surface area contributed by atoms with Crippen LogP contribution in [0.4, 0.5) is 0 Å². The number of rotatable bonds is 33. The average molecular weight is 1110 g/mol. The summed E-state index contributed by atoms with van der Waals surface area (Å²) in [5.74, 6) is -12.4. The van der Waals surface area contributed by atoms with Crippen LogP contribution in [0.2, 0.25) is 0 Å². The van der Waals surface area contributed by atoms with Crippen molar-refractivity contribution in [3.05, 3.63) is 72.1 Å². The van der Waals surface area contributed by atoms with Crippen LogP contribution in [0.1, 0.15) is 64.0 Å². The minimum absolute atomic E-state index is 0.0909. The number of amides is 8. The highest BCUT2D eigenvalue weighted by Crippen LogP contribution is 2.21. The number of aliphatic hydroxyl groups is 4. The number of unbranched alkanes of at least 4 members (excludes halogenated alkanes) is 1. The largest absolute Gasteiger partial charge is 0.481 e. The topological polar surface area (TPSA) is 472 Å². The molecule has 0 radical (unpaired) electrons. The van der Waals surface area contributed by atoms with Gasteiger partial charge in [-0.15, -0.1) is 0 Å². The number of aromatic amines is 2. The van der Waals surface area contributed by atoms with Crippen molar-refractivity contribution in [3.8, 4) is 0 Å². The lowest BCUT2D eigenvalue weighted by Gasteiger charge is -2.29. The number of carbonyl (C=O) groups excluding carboxylic acids is 8. The highest BCUT2D eigenvalue weighted by molar-refractivity contribution is 5.99. The lowest BCUT2D eigenvalue weighted by Crippen LogP contribution is -2.62. The van der Waals surface area contributed by atoms with Crippen LogP contribution in [-0.2, 0) is 60.8 Å². The Morgan fingerprint density at radius 2 is 0.949 bits per heavy atom. The van der Waals surface area contributed by atoms with Crippen LogP contribution >= 0.6 is 0 Å². The number of carbonyl (C=O) groups is 10. The van der Waals surface area contributed by atoms with E-state index in [1.165, 1.54) is 6.20 Å². The maximum atomic E-state index is 14.0. The number of nitrogens with two attached hydrogens (primary N) is 2. The number of carboxylic acids is 2. The summed E-state index contributed by atoms with van der Waals surface area (Å²) in [6, 6.07) is -0.756. The van der Waals surface area contributed by atoms with Gasteiger partial charge < -0.3 is 94.6 Å². The van der Waals surface area contributed by atoms with Gasteiger partial charge in [0.15, 0.2) is 6.04 Å². The van der Waals surface area contributed by atoms with Crippen LogP contribution in [0, 0.1) is 5.92 Å². The third-order valence-electron chi connectivity index (χ3n) is 13.1. The number of carboxylic acid groups (broad SMARTS) is 2. The summed E-state index contributed by atoms with van der Waals surface area (Å²) in [5, 5.41) is 79.9. The van der Waals surface area contributed by atoms with E-state index in [-0.39, 0.29) is 32.2 Å². The molecular formula is C51H72N12O16. The van der Waals surface area contributed by atoms with E-state index in [1.807, 2.05) is 0 Å². The Morgan fingerprint density at radius 1 is 0.532 bits per heavy atom. The van der Waals surface area contributed by atoms with Crippen molar-refractivity contribution in [2.75, 3.05) is 26.4 Å². The summed E-state index contributed by atoms with van der Waals surface area (Å²) in [6.07, 6.45) is 0.706. The van der Waals surface area contributed by atoms with Crippen LogP contribution in [0.5, 0.6) is 0 Å². The second kappa shape index (κ2) is 30.8. The standard InChI is InChI=1S/C51H72N12O16/c1-4-25(2)41(62-46(73)35(57-43(70)31(53)22-64)17-27-20-54-32-13-7-5-11-29(27)32)50(77)61-39(24-66)49(76)60-38(23-65)48(75)56-34(15-9-10-16-52)44(71)59-37(19-40(68)69)45(72)58-36(47(74)63-42(26(3)67)51(78)79)18-28-21-55-33-14-8-6-12-30(28)33/h5-8,11-14,20-21,25-26,31,34-39,41-42,54-55,64-67H,4,9-10,15-19,22-24,52-53H2,1-3H3,(H,56,75)(H,57,70)(H,58,72)(H,59,71)(H,60,76)(H,61,77)(H,62,73)(H,63,74)(H,68,69)(H,78,79)/t25-,26+,31-,34-,35-,36-,37-,38-,39-,41-,42-/m0/s1. The third-order valence-corrected chi connectivity index (χ3v) is 13.1. The minimum Gasteiger partial charge on any atom is -0.481 e. The van der Waals surface area contributed by atoms with Gasteiger partial charge in [-0.3, -0.25) is 43.2 Å². The molecule has 0 saturated carbocycles. The molecular weight excluding hydrogens is 1040 g/mol. The molecule has 0 unspecified atom stereocenters. The lowest BCUT2D eigenvalue weighted by molar-refractivity contribution is -0.145. The van der Waals surface area contributed by atoms with E-state index in [4.69, 9.17) is 11.5 Å². The first-order valence-corrected chi connectivity index (χ1v) is 25.5. The summed E-state index contributed by atoms with van der Waals surface area (Å²) in [4.78, 5) is 140. The van der Waals surface area contributed by atoms with E-state index < -0.39 is 152 Å². The number of hydrogen-bond donors (Lipinski definition) is 18. The maximum Gasteiger partial charge on any atom is 0.328 e. The normalized spacial score (nSPS) is 15.5. The van der Waals surface area contributed by atoms with Crippen molar-refractivity contribution in [3.63, 3.8) is 0 Å². The second-order valence-electron chi connectivity index (χ2n) is 19.0. The number of aromatic nitrogens is 2. The molecule has 2 aromatic heterocycles. The number of aliphatic hydroxyl groups excluding tert-OH is 4. The van der Waals surface area contributed by atoms with E-state index in [2.05, 4.69) is 52.5 Å².